The molecule has 46 valence electrons. The smallest absolute Gasteiger partial charge is 0.257 e. The van der Waals surface area contributed by atoms with E-state index in [9.17, 15) is 4.79 Å². The van der Waals surface area contributed by atoms with Gasteiger partial charge in [0.25, 0.3) is 5.91 Å². The number of hydrogen-bond donors (Lipinski definition) is 3. The second kappa shape index (κ2) is 1.43. The maximum absolute atomic E-state index is 10.5. The first-order chi connectivity index (χ1) is 3.69. The first kappa shape index (κ1) is 5.53. The zero-order chi connectivity index (χ0) is 6.20. The van der Waals surface area contributed by atoms with Crippen LogP contribution in [0.1, 0.15) is 6.92 Å². The third-order valence-corrected chi connectivity index (χ3v) is 1.36. The standard InChI is InChI=1S/C4H9N3O/c1-4(2-5)3(8)6-7-4/h7H,2,5H2,1H3,(H,6,8). The van der Waals surface area contributed by atoms with E-state index in [4.69, 9.17) is 5.73 Å². The van der Waals surface area contributed by atoms with Crippen LogP contribution in [0.3, 0.4) is 0 Å². The molecule has 1 unspecified atom stereocenters. The van der Waals surface area contributed by atoms with Crippen molar-refractivity contribution < 1.29 is 4.79 Å². The van der Waals surface area contributed by atoms with Gasteiger partial charge in [-0.05, 0) is 6.92 Å². The molecule has 0 aromatic rings. The molecule has 0 saturated carbocycles. The Labute approximate surface area is 47.4 Å². The molecular formula is C4H9N3O. The lowest BCUT2D eigenvalue weighted by molar-refractivity contribution is -0.137. The van der Waals surface area contributed by atoms with Gasteiger partial charge in [0.15, 0.2) is 0 Å². The lowest BCUT2D eigenvalue weighted by atomic mass is 10.00. The zero-order valence-corrected chi connectivity index (χ0v) is 4.69. The SMILES string of the molecule is CC1(CN)NNC1=O. The fourth-order valence-electron chi connectivity index (χ4n) is 0.471. The minimum atomic E-state index is -0.500. The van der Waals surface area contributed by atoms with Crippen molar-refractivity contribution in [3.63, 3.8) is 0 Å². The van der Waals surface area contributed by atoms with E-state index in [1.54, 1.807) is 6.92 Å². The summed E-state index contributed by atoms with van der Waals surface area (Å²) in [6.07, 6.45) is 0. The van der Waals surface area contributed by atoms with Crippen LogP contribution in [-0.2, 0) is 4.79 Å². The van der Waals surface area contributed by atoms with Gasteiger partial charge in [-0.1, -0.05) is 0 Å². The summed E-state index contributed by atoms with van der Waals surface area (Å²) < 4.78 is 0. The van der Waals surface area contributed by atoms with Crippen molar-refractivity contribution in [3.8, 4) is 0 Å². The number of nitrogens with one attached hydrogen (secondary N) is 2. The van der Waals surface area contributed by atoms with Crippen LogP contribution in [0.5, 0.6) is 0 Å². The van der Waals surface area contributed by atoms with Gasteiger partial charge in [0, 0.05) is 6.54 Å². The highest BCUT2D eigenvalue weighted by atomic mass is 16.2. The van der Waals surface area contributed by atoms with Crippen LogP contribution in [0.15, 0.2) is 0 Å². The molecule has 1 aliphatic rings. The summed E-state index contributed by atoms with van der Waals surface area (Å²) in [6.45, 7) is 2.10. The third kappa shape index (κ3) is 0.502. The van der Waals surface area contributed by atoms with Gasteiger partial charge < -0.3 is 5.73 Å². The van der Waals surface area contributed by atoms with E-state index < -0.39 is 5.54 Å². The van der Waals surface area contributed by atoms with Crippen LogP contribution in [0, 0.1) is 0 Å². The molecule has 8 heavy (non-hydrogen) atoms. The van der Waals surface area contributed by atoms with Crippen molar-refractivity contribution in [1.29, 1.82) is 0 Å². The molecule has 1 amide bonds. The maximum atomic E-state index is 10.5. The Hall–Kier alpha value is -0.610. The molecule has 1 heterocycles. The van der Waals surface area contributed by atoms with Crippen LogP contribution < -0.4 is 16.6 Å². The summed E-state index contributed by atoms with van der Waals surface area (Å²) in [5, 5.41) is 0. The Morgan fingerprint density at radius 2 is 2.50 bits per heavy atom. The lowest BCUT2D eigenvalue weighted by Crippen LogP contribution is -2.75. The topological polar surface area (TPSA) is 67.2 Å². The second-order valence-electron chi connectivity index (χ2n) is 2.12. The number of carbonyl (C=O) groups excluding carboxylic acids is 1. The molecule has 1 aliphatic heterocycles. The van der Waals surface area contributed by atoms with Gasteiger partial charge in [0.05, 0.1) is 0 Å². The Bertz CT molecular complexity index is 120. The number of nitrogens with two attached hydrogens (primary N) is 1. The summed E-state index contributed by atoms with van der Waals surface area (Å²) in [5.74, 6) is -0.0278. The summed E-state index contributed by atoms with van der Waals surface area (Å²) in [4.78, 5) is 10.5. The Morgan fingerprint density at radius 3 is 2.50 bits per heavy atom. The highest BCUT2D eigenvalue weighted by Gasteiger charge is 2.39. The molecule has 1 rings (SSSR count). The van der Waals surface area contributed by atoms with Crippen LogP contribution in [0.25, 0.3) is 0 Å². The van der Waals surface area contributed by atoms with Crippen molar-refractivity contribution in [2.24, 2.45) is 5.73 Å². The van der Waals surface area contributed by atoms with Gasteiger partial charge in [-0.3, -0.25) is 10.2 Å². The molecule has 0 aromatic carbocycles. The van der Waals surface area contributed by atoms with E-state index in [1.165, 1.54) is 0 Å². The Balaban J connectivity index is 2.55. The molecule has 1 fully saturated rings. The van der Waals surface area contributed by atoms with E-state index >= 15 is 0 Å². The summed E-state index contributed by atoms with van der Waals surface area (Å²) in [5.41, 5.74) is 9.81. The van der Waals surface area contributed by atoms with E-state index in [1.807, 2.05) is 0 Å². The molecule has 0 spiro atoms. The molecule has 4 nitrogen and oxygen atoms in total. The van der Waals surface area contributed by atoms with Crippen LogP contribution in [-0.4, -0.2) is 18.0 Å². The van der Waals surface area contributed by atoms with Crippen LogP contribution in [0.4, 0.5) is 0 Å². The molecule has 0 bridgehead atoms. The second-order valence-corrected chi connectivity index (χ2v) is 2.12. The largest absolute Gasteiger partial charge is 0.328 e. The average Bonchev–Trinajstić information content (AvgIpc) is 1.83. The summed E-state index contributed by atoms with van der Waals surface area (Å²) in [6, 6.07) is 0. The lowest BCUT2D eigenvalue weighted by Gasteiger charge is -2.37. The average molecular weight is 115 g/mol. The molecule has 0 aliphatic carbocycles. The number of amides is 1. The fraction of sp³-hybridized carbons (Fsp3) is 0.750. The molecule has 0 aromatic heterocycles. The number of carbonyl (C=O) groups is 1. The number of rotatable bonds is 1. The first-order valence-corrected chi connectivity index (χ1v) is 2.47. The molecular weight excluding hydrogens is 106 g/mol. The van der Waals surface area contributed by atoms with Crippen LogP contribution >= 0.6 is 0 Å². The van der Waals surface area contributed by atoms with Gasteiger partial charge >= 0.3 is 0 Å². The first-order valence-electron chi connectivity index (χ1n) is 2.47. The van der Waals surface area contributed by atoms with Crippen molar-refractivity contribution in [2.45, 2.75) is 12.5 Å². The quantitative estimate of drug-likeness (QED) is 0.383. The summed E-state index contributed by atoms with van der Waals surface area (Å²) in [7, 11) is 0. The van der Waals surface area contributed by atoms with Crippen molar-refractivity contribution in [2.75, 3.05) is 6.54 Å². The van der Waals surface area contributed by atoms with Crippen molar-refractivity contribution in [3.05, 3.63) is 0 Å². The monoisotopic (exact) mass is 115 g/mol. The molecule has 4 heteroatoms. The van der Waals surface area contributed by atoms with Gasteiger partial charge in [0.2, 0.25) is 0 Å². The van der Waals surface area contributed by atoms with Gasteiger partial charge in [-0.25, -0.2) is 5.43 Å². The van der Waals surface area contributed by atoms with Gasteiger partial charge in [-0.15, -0.1) is 0 Å². The number of hydrazine groups is 1. The predicted molar refractivity (Wildman–Crippen MR) is 28.7 cm³/mol. The predicted octanol–water partition coefficient (Wildman–Crippen LogP) is -1.66. The fourth-order valence-corrected chi connectivity index (χ4v) is 0.471. The molecule has 1 saturated heterocycles. The maximum Gasteiger partial charge on any atom is 0.257 e. The van der Waals surface area contributed by atoms with E-state index in [0.717, 1.165) is 0 Å². The molecule has 1 atom stereocenters. The number of hydrogen-bond acceptors (Lipinski definition) is 3. The van der Waals surface area contributed by atoms with E-state index in [0.29, 0.717) is 6.54 Å². The van der Waals surface area contributed by atoms with E-state index in [2.05, 4.69) is 10.9 Å². The zero-order valence-electron chi connectivity index (χ0n) is 4.69. The Kier molecular flexibility index (Phi) is 0.988. The minimum Gasteiger partial charge on any atom is -0.328 e. The van der Waals surface area contributed by atoms with Gasteiger partial charge in [-0.2, -0.15) is 0 Å². The molecule has 4 N–H and O–H groups in total. The van der Waals surface area contributed by atoms with Crippen molar-refractivity contribution in [1.82, 2.24) is 10.9 Å². The minimum absolute atomic E-state index is 0.0278. The normalized spacial score (nSPS) is 36.0. The van der Waals surface area contributed by atoms with Gasteiger partial charge in [0.1, 0.15) is 5.54 Å². The third-order valence-electron chi connectivity index (χ3n) is 1.36. The van der Waals surface area contributed by atoms with Crippen molar-refractivity contribution >= 4 is 5.91 Å². The molecule has 0 radical (unpaired) electrons. The van der Waals surface area contributed by atoms with Crippen LogP contribution in [0.2, 0.25) is 0 Å². The highest BCUT2D eigenvalue weighted by molar-refractivity contribution is 5.90. The highest BCUT2D eigenvalue weighted by Crippen LogP contribution is 2.05. The van der Waals surface area contributed by atoms with E-state index in [-0.39, 0.29) is 5.91 Å². The summed E-state index contributed by atoms with van der Waals surface area (Å²) >= 11 is 0. The Morgan fingerprint density at radius 1 is 1.88 bits per heavy atom.